The van der Waals surface area contributed by atoms with Gasteiger partial charge in [-0.25, -0.2) is 4.99 Å². The van der Waals surface area contributed by atoms with E-state index in [1.807, 2.05) is 85.5 Å². The first kappa shape index (κ1) is 22.1. The van der Waals surface area contributed by atoms with E-state index in [2.05, 4.69) is 16.4 Å². The summed E-state index contributed by atoms with van der Waals surface area (Å²) in [7, 11) is 0. The average Bonchev–Trinajstić information content (AvgIpc) is 3.14. The third kappa shape index (κ3) is 4.52. The maximum Gasteiger partial charge on any atom is 0.271 e. The Hall–Kier alpha value is -3.71. The number of carbonyl (C=O) groups excluding carboxylic acids is 2. The Labute approximate surface area is 202 Å². The highest BCUT2D eigenvalue weighted by Crippen LogP contribution is 2.35. The maximum atomic E-state index is 13.0. The summed E-state index contributed by atoms with van der Waals surface area (Å²) in [5.74, 6) is 0.460. The molecule has 1 N–H and O–H groups in total. The van der Waals surface area contributed by atoms with Crippen molar-refractivity contribution in [1.82, 2.24) is 4.90 Å². The molecule has 0 aromatic heterocycles. The van der Waals surface area contributed by atoms with Crippen LogP contribution in [0.15, 0.2) is 82.8 Å². The minimum atomic E-state index is -0.487. The molecule has 2 aliphatic heterocycles. The van der Waals surface area contributed by atoms with Gasteiger partial charge in [0.05, 0.1) is 11.4 Å². The Balaban J connectivity index is 1.39. The van der Waals surface area contributed by atoms with Crippen molar-refractivity contribution in [1.29, 1.82) is 0 Å². The molecule has 2 heterocycles. The molecule has 1 unspecified atom stereocenters. The van der Waals surface area contributed by atoms with E-state index in [9.17, 15) is 9.59 Å². The summed E-state index contributed by atoms with van der Waals surface area (Å²) >= 11 is 1.32. The van der Waals surface area contributed by atoms with E-state index in [1.165, 1.54) is 11.8 Å². The lowest BCUT2D eigenvalue weighted by molar-refractivity contribution is -0.119. The molecule has 0 saturated heterocycles. The van der Waals surface area contributed by atoms with Crippen LogP contribution in [0, 0.1) is 13.8 Å². The van der Waals surface area contributed by atoms with Crippen molar-refractivity contribution in [3.63, 3.8) is 0 Å². The lowest BCUT2D eigenvalue weighted by atomic mass is 10.0. The standard InChI is InChI=1S/C27H24N4O2S/c1-17-12-18(2)14-20(13-17)28-24(32)16-34-27-29-22-11-7-6-10-21(22)25-30-26(33)23(31(25)27)15-19-8-4-3-5-9-19/h3-14,23H,15-16H2,1-2H3,(H,28,32). The highest BCUT2D eigenvalue weighted by Gasteiger charge is 2.41. The molecule has 5 rings (SSSR count). The summed E-state index contributed by atoms with van der Waals surface area (Å²) in [6.07, 6.45) is 0.517. The number of hydrogen-bond acceptors (Lipinski definition) is 5. The molecule has 7 heteroatoms. The number of hydrogen-bond donors (Lipinski definition) is 1. The van der Waals surface area contributed by atoms with Gasteiger partial charge in [0.1, 0.15) is 11.9 Å². The molecule has 0 aliphatic carbocycles. The fourth-order valence-electron chi connectivity index (χ4n) is 4.31. The number of aliphatic imine (C=N–C) groups is 2. The Kier molecular flexibility index (Phi) is 6.02. The Morgan fingerprint density at radius 2 is 1.68 bits per heavy atom. The van der Waals surface area contributed by atoms with Crippen LogP contribution in [0.4, 0.5) is 11.4 Å². The Morgan fingerprint density at radius 1 is 0.971 bits per heavy atom. The lowest BCUT2D eigenvalue weighted by Crippen LogP contribution is -2.45. The van der Waals surface area contributed by atoms with Gasteiger partial charge < -0.3 is 5.32 Å². The first-order chi connectivity index (χ1) is 16.5. The van der Waals surface area contributed by atoms with Gasteiger partial charge in [0.25, 0.3) is 5.91 Å². The number of nitrogens with one attached hydrogen (secondary N) is 1. The van der Waals surface area contributed by atoms with Crippen LogP contribution < -0.4 is 5.32 Å². The van der Waals surface area contributed by atoms with Crippen LogP contribution in [-0.2, 0) is 16.0 Å². The molecule has 3 aromatic rings. The number of benzene rings is 3. The minimum absolute atomic E-state index is 0.125. The van der Waals surface area contributed by atoms with Crippen molar-refractivity contribution in [2.24, 2.45) is 9.98 Å². The Bertz CT molecular complexity index is 1310. The van der Waals surface area contributed by atoms with E-state index < -0.39 is 6.04 Å². The van der Waals surface area contributed by atoms with E-state index in [0.29, 0.717) is 17.4 Å². The summed E-state index contributed by atoms with van der Waals surface area (Å²) in [4.78, 5) is 36.8. The summed E-state index contributed by atoms with van der Waals surface area (Å²) in [5, 5.41) is 3.58. The summed E-state index contributed by atoms with van der Waals surface area (Å²) in [5.41, 5.74) is 5.60. The lowest BCUT2D eigenvalue weighted by Gasteiger charge is -2.31. The number of aryl methyl sites for hydroxylation is 2. The number of rotatable bonds is 5. The second-order valence-electron chi connectivity index (χ2n) is 8.47. The van der Waals surface area contributed by atoms with E-state index in [4.69, 9.17) is 4.99 Å². The maximum absolute atomic E-state index is 13.0. The van der Waals surface area contributed by atoms with Crippen LogP contribution >= 0.6 is 11.8 Å². The van der Waals surface area contributed by atoms with Crippen LogP contribution in [-0.4, -0.2) is 39.5 Å². The van der Waals surface area contributed by atoms with Gasteiger partial charge in [0.2, 0.25) is 5.91 Å². The summed E-state index contributed by atoms with van der Waals surface area (Å²) in [6, 6.07) is 23.0. The fraction of sp³-hybridized carbons (Fsp3) is 0.185. The van der Waals surface area contributed by atoms with Gasteiger partial charge in [-0.1, -0.05) is 60.3 Å². The highest BCUT2D eigenvalue weighted by molar-refractivity contribution is 8.14. The van der Waals surface area contributed by atoms with Gasteiger partial charge in [-0.2, -0.15) is 4.99 Å². The van der Waals surface area contributed by atoms with Crippen LogP contribution in [0.5, 0.6) is 0 Å². The van der Waals surface area contributed by atoms with Gasteiger partial charge in [-0.05, 0) is 54.8 Å². The number of amidine groups is 2. The summed E-state index contributed by atoms with van der Waals surface area (Å²) < 4.78 is 0. The number of para-hydroxylation sites is 1. The minimum Gasteiger partial charge on any atom is -0.325 e. The van der Waals surface area contributed by atoms with Crippen molar-refractivity contribution in [2.45, 2.75) is 26.3 Å². The molecule has 0 spiro atoms. The van der Waals surface area contributed by atoms with E-state index in [1.54, 1.807) is 0 Å². The number of amides is 2. The van der Waals surface area contributed by atoms with E-state index in [-0.39, 0.29) is 17.6 Å². The molecule has 0 saturated carbocycles. The molecule has 34 heavy (non-hydrogen) atoms. The number of nitrogens with zero attached hydrogens (tertiary/aromatic N) is 3. The quantitative estimate of drug-likeness (QED) is 0.579. The fourth-order valence-corrected chi connectivity index (χ4v) is 5.16. The molecule has 6 nitrogen and oxygen atoms in total. The number of carbonyl (C=O) groups is 2. The molecule has 1 atom stereocenters. The zero-order chi connectivity index (χ0) is 23.7. The molecule has 0 bridgehead atoms. The van der Waals surface area contributed by atoms with Crippen molar-refractivity contribution in [3.8, 4) is 0 Å². The van der Waals surface area contributed by atoms with Crippen LogP contribution in [0.3, 0.4) is 0 Å². The zero-order valence-corrected chi connectivity index (χ0v) is 19.8. The highest BCUT2D eigenvalue weighted by atomic mass is 32.2. The normalized spacial score (nSPS) is 16.5. The molecular formula is C27H24N4O2S. The number of anilines is 1. The van der Waals surface area contributed by atoms with Crippen molar-refractivity contribution >= 4 is 46.0 Å². The summed E-state index contributed by atoms with van der Waals surface area (Å²) in [6.45, 7) is 4.01. The van der Waals surface area contributed by atoms with Crippen LogP contribution in [0.25, 0.3) is 0 Å². The molecule has 170 valence electrons. The van der Waals surface area contributed by atoms with Crippen molar-refractivity contribution in [3.05, 3.63) is 95.1 Å². The first-order valence-corrected chi connectivity index (χ1v) is 12.1. The van der Waals surface area contributed by atoms with Gasteiger partial charge in [0.15, 0.2) is 5.17 Å². The predicted molar refractivity (Wildman–Crippen MR) is 138 cm³/mol. The van der Waals surface area contributed by atoms with Gasteiger partial charge >= 0.3 is 0 Å². The van der Waals surface area contributed by atoms with Gasteiger partial charge in [-0.15, -0.1) is 0 Å². The third-order valence-corrected chi connectivity index (χ3v) is 6.67. The Morgan fingerprint density at radius 3 is 2.44 bits per heavy atom. The van der Waals surface area contributed by atoms with Crippen LogP contribution in [0.2, 0.25) is 0 Å². The van der Waals surface area contributed by atoms with Crippen molar-refractivity contribution in [2.75, 3.05) is 11.1 Å². The molecule has 0 radical (unpaired) electrons. The number of thioether (sulfide) groups is 1. The second kappa shape index (κ2) is 9.27. The third-order valence-electron chi connectivity index (χ3n) is 5.72. The molecule has 2 aliphatic rings. The number of fused-ring (bicyclic) bond motifs is 3. The largest absolute Gasteiger partial charge is 0.325 e. The first-order valence-electron chi connectivity index (χ1n) is 11.1. The van der Waals surface area contributed by atoms with Gasteiger partial charge in [-0.3, -0.25) is 14.5 Å². The van der Waals surface area contributed by atoms with Crippen molar-refractivity contribution < 1.29 is 9.59 Å². The van der Waals surface area contributed by atoms with E-state index in [0.717, 1.165) is 33.6 Å². The monoisotopic (exact) mass is 468 g/mol. The molecular weight excluding hydrogens is 444 g/mol. The average molecular weight is 469 g/mol. The predicted octanol–water partition coefficient (Wildman–Crippen LogP) is 4.88. The molecule has 2 amide bonds. The zero-order valence-electron chi connectivity index (χ0n) is 19.0. The van der Waals surface area contributed by atoms with Gasteiger partial charge in [0, 0.05) is 17.7 Å². The SMILES string of the molecule is Cc1cc(C)cc(NC(=O)CSC2=Nc3ccccc3C3=NC(=O)C(Cc4ccccc4)N23)c1. The molecule has 0 fully saturated rings. The topological polar surface area (TPSA) is 74.1 Å². The molecule has 3 aromatic carbocycles. The van der Waals surface area contributed by atoms with E-state index >= 15 is 0 Å². The second-order valence-corrected chi connectivity index (χ2v) is 9.42. The smallest absolute Gasteiger partial charge is 0.271 e. The van der Waals surface area contributed by atoms with Crippen LogP contribution in [0.1, 0.15) is 22.3 Å².